The van der Waals surface area contributed by atoms with Crippen LogP contribution in [0.1, 0.15) is 20.8 Å². The van der Waals surface area contributed by atoms with E-state index in [0.29, 0.717) is 0 Å². The Hall–Kier alpha value is -1.17. The number of aliphatic hydroxyl groups is 2. The highest BCUT2D eigenvalue weighted by Crippen LogP contribution is 2.38. The van der Waals surface area contributed by atoms with E-state index >= 15 is 0 Å². The van der Waals surface area contributed by atoms with Crippen LogP contribution in [0.4, 0.5) is 0 Å². The Kier molecular flexibility index (Phi) is 4.32. The molecule has 0 saturated carbocycles. The zero-order valence-corrected chi connectivity index (χ0v) is 11.6. The van der Waals surface area contributed by atoms with Crippen LogP contribution in [0.2, 0.25) is 0 Å². The van der Waals surface area contributed by atoms with Crippen molar-refractivity contribution >= 4 is 5.91 Å². The van der Waals surface area contributed by atoms with Crippen molar-refractivity contribution in [3.8, 4) is 11.8 Å². The fourth-order valence-corrected chi connectivity index (χ4v) is 2.43. The van der Waals surface area contributed by atoms with Gasteiger partial charge in [-0.2, -0.15) is 0 Å². The molecule has 0 bridgehead atoms. The van der Waals surface area contributed by atoms with E-state index in [2.05, 4.69) is 17.2 Å². The molecule has 2 heterocycles. The average molecular weight is 285 g/mol. The van der Waals surface area contributed by atoms with Crippen LogP contribution in [0.25, 0.3) is 0 Å². The maximum absolute atomic E-state index is 11.6. The van der Waals surface area contributed by atoms with Crippen molar-refractivity contribution < 1.29 is 29.2 Å². The van der Waals surface area contributed by atoms with Gasteiger partial charge in [-0.25, -0.2) is 0 Å². The molecule has 2 aliphatic heterocycles. The normalized spacial score (nSPS) is 35.9. The van der Waals surface area contributed by atoms with Crippen LogP contribution in [0, 0.1) is 11.8 Å². The minimum Gasteiger partial charge on any atom is -0.394 e. The number of fused-ring (bicyclic) bond motifs is 1. The number of amides is 1. The molecule has 2 rings (SSSR count). The molecule has 2 fully saturated rings. The van der Waals surface area contributed by atoms with Crippen molar-refractivity contribution in [1.82, 2.24) is 5.32 Å². The molecule has 0 aliphatic carbocycles. The number of ether oxygens (including phenoxy) is 3. The molecule has 2 aliphatic rings. The molecule has 5 atom stereocenters. The molecule has 112 valence electrons. The SMILES string of the molecule is CC#CC(=O)N[C@@H]1[C@H]2OC(C)(C)O[C@H]2O[C@@H]1[C@H](O)CO. The number of hydrogen-bond donors (Lipinski definition) is 3. The highest BCUT2D eigenvalue weighted by Gasteiger charge is 2.56. The van der Waals surface area contributed by atoms with Crippen molar-refractivity contribution in [3.05, 3.63) is 0 Å². The van der Waals surface area contributed by atoms with Gasteiger partial charge in [0, 0.05) is 0 Å². The van der Waals surface area contributed by atoms with Crippen molar-refractivity contribution in [2.24, 2.45) is 0 Å². The van der Waals surface area contributed by atoms with Crippen LogP contribution in [-0.4, -0.2) is 59.2 Å². The smallest absolute Gasteiger partial charge is 0.296 e. The molecule has 7 heteroatoms. The summed E-state index contributed by atoms with van der Waals surface area (Å²) in [5.41, 5.74) is 0. The number of rotatable bonds is 3. The van der Waals surface area contributed by atoms with Crippen LogP contribution in [0.15, 0.2) is 0 Å². The van der Waals surface area contributed by atoms with E-state index in [0.717, 1.165) is 0 Å². The standard InChI is InChI=1S/C13H19NO6/c1-4-5-8(17)14-9-10(7(16)6-15)18-12-11(9)19-13(2,3)20-12/h7,9-12,15-16H,6H2,1-3H3,(H,14,17)/t7-,9+,10-,11-,12-/m1/s1. The Balaban J connectivity index is 2.16. The first-order chi connectivity index (χ1) is 9.38. The fraction of sp³-hybridized carbons (Fsp3) is 0.769. The van der Waals surface area contributed by atoms with Crippen molar-refractivity contribution in [2.45, 2.75) is 57.2 Å². The van der Waals surface area contributed by atoms with Gasteiger partial charge in [0.15, 0.2) is 12.1 Å². The lowest BCUT2D eigenvalue weighted by Crippen LogP contribution is -2.52. The Morgan fingerprint density at radius 1 is 1.45 bits per heavy atom. The van der Waals surface area contributed by atoms with E-state index < -0.39 is 48.9 Å². The summed E-state index contributed by atoms with van der Waals surface area (Å²) in [6.07, 6.45) is -3.21. The van der Waals surface area contributed by atoms with Gasteiger partial charge in [-0.05, 0) is 26.7 Å². The summed E-state index contributed by atoms with van der Waals surface area (Å²) in [7, 11) is 0. The highest BCUT2D eigenvalue weighted by atomic mass is 16.8. The van der Waals surface area contributed by atoms with Crippen molar-refractivity contribution in [2.75, 3.05) is 6.61 Å². The van der Waals surface area contributed by atoms with E-state index in [1.165, 1.54) is 0 Å². The molecule has 0 aromatic heterocycles. The molecule has 0 unspecified atom stereocenters. The summed E-state index contributed by atoms with van der Waals surface area (Å²) in [6, 6.07) is -0.641. The van der Waals surface area contributed by atoms with Gasteiger partial charge in [0.25, 0.3) is 5.91 Å². The minimum atomic E-state index is -1.14. The first-order valence-electron chi connectivity index (χ1n) is 6.41. The molecule has 0 aromatic rings. The number of aliphatic hydroxyl groups excluding tert-OH is 2. The summed E-state index contributed by atoms with van der Waals surface area (Å²) in [4.78, 5) is 11.6. The first-order valence-corrected chi connectivity index (χ1v) is 6.41. The van der Waals surface area contributed by atoms with Gasteiger partial charge >= 0.3 is 0 Å². The van der Waals surface area contributed by atoms with Crippen LogP contribution in [-0.2, 0) is 19.0 Å². The summed E-state index contributed by atoms with van der Waals surface area (Å²) in [5.74, 6) is 3.52. The van der Waals surface area contributed by atoms with Gasteiger partial charge in [-0.1, -0.05) is 5.92 Å². The zero-order valence-electron chi connectivity index (χ0n) is 11.6. The van der Waals surface area contributed by atoms with E-state index in [1.54, 1.807) is 20.8 Å². The third-order valence-electron chi connectivity index (χ3n) is 3.19. The predicted octanol–water partition coefficient (Wildman–Crippen LogP) is -1.28. The topological polar surface area (TPSA) is 97.3 Å². The number of carbonyl (C=O) groups excluding carboxylic acids is 1. The maximum atomic E-state index is 11.6. The van der Waals surface area contributed by atoms with E-state index in [1.807, 2.05) is 0 Å². The lowest BCUT2D eigenvalue weighted by molar-refractivity contribution is -0.218. The Morgan fingerprint density at radius 3 is 2.75 bits per heavy atom. The third kappa shape index (κ3) is 2.95. The second kappa shape index (κ2) is 5.68. The van der Waals surface area contributed by atoms with E-state index in [9.17, 15) is 9.90 Å². The Labute approximate surface area is 117 Å². The molecule has 2 saturated heterocycles. The average Bonchev–Trinajstić information content (AvgIpc) is 2.82. The Morgan fingerprint density at radius 2 is 2.15 bits per heavy atom. The lowest BCUT2D eigenvalue weighted by atomic mass is 10.0. The number of nitrogens with one attached hydrogen (secondary N) is 1. The van der Waals surface area contributed by atoms with Gasteiger partial charge in [-0.3, -0.25) is 4.79 Å². The molecule has 0 spiro atoms. The second-order valence-electron chi connectivity index (χ2n) is 5.19. The van der Waals surface area contributed by atoms with Gasteiger partial charge in [0.2, 0.25) is 0 Å². The van der Waals surface area contributed by atoms with Gasteiger partial charge < -0.3 is 29.7 Å². The number of carbonyl (C=O) groups is 1. The van der Waals surface area contributed by atoms with Crippen LogP contribution in [0.3, 0.4) is 0 Å². The van der Waals surface area contributed by atoms with Crippen LogP contribution < -0.4 is 5.32 Å². The molecule has 7 nitrogen and oxygen atoms in total. The maximum Gasteiger partial charge on any atom is 0.296 e. The fourth-order valence-electron chi connectivity index (χ4n) is 2.43. The predicted molar refractivity (Wildman–Crippen MR) is 67.2 cm³/mol. The molecule has 1 amide bonds. The highest BCUT2D eigenvalue weighted by molar-refractivity contribution is 5.93. The van der Waals surface area contributed by atoms with Crippen molar-refractivity contribution in [1.29, 1.82) is 0 Å². The first kappa shape index (κ1) is 15.2. The molecular weight excluding hydrogens is 266 g/mol. The van der Waals surface area contributed by atoms with E-state index in [-0.39, 0.29) is 0 Å². The van der Waals surface area contributed by atoms with E-state index in [4.69, 9.17) is 19.3 Å². The number of hydrogen-bond acceptors (Lipinski definition) is 6. The minimum absolute atomic E-state index is 0.487. The summed E-state index contributed by atoms with van der Waals surface area (Å²) >= 11 is 0. The zero-order chi connectivity index (χ0) is 14.9. The van der Waals surface area contributed by atoms with Crippen LogP contribution in [0.5, 0.6) is 0 Å². The Bertz CT molecular complexity index is 440. The lowest BCUT2D eigenvalue weighted by Gasteiger charge is -2.27. The molecule has 0 radical (unpaired) electrons. The molecule has 3 N–H and O–H groups in total. The van der Waals surface area contributed by atoms with Gasteiger partial charge in [-0.15, -0.1) is 0 Å². The molecule has 20 heavy (non-hydrogen) atoms. The summed E-state index contributed by atoms with van der Waals surface area (Å²) < 4.78 is 16.8. The third-order valence-corrected chi connectivity index (χ3v) is 3.19. The van der Waals surface area contributed by atoms with Gasteiger partial charge in [0.05, 0.1) is 12.6 Å². The molecule has 0 aromatic carbocycles. The largest absolute Gasteiger partial charge is 0.394 e. The summed E-state index contributed by atoms with van der Waals surface area (Å²) in [5, 5.41) is 21.5. The quantitative estimate of drug-likeness (QED) is 0.559. The van der Waals surface area contributed by atoms with Crippen LogP contribution >= 0.6 is 0 Å². The monoisotopic (exact) mass is 285 g/mol. The summed E-state index contributed by atoms with van der Waals surface area (Å²) in [6.45, 7) is 4.53. The van der Waals surface area contributed by atoms with Gasteiger partial charge in [0.1, 0.15) is 18.3 Å². The second-order valence-corrected chi connectivity index (χ2v) is 5.19. The molecular formula is C13H19NO6. The van der Waals surface area contributed by atoms with Crippen molar-refractivity contribution in [3.63, 3.8) is 0 Å².